The topological polar surface area (TPSA) is 68.0 Å². The molecule has 0 aliphatic carbocycles. The Morgan fingerprint density at radius 3 is 2.48 bits per heavy atom. The quantitative estimate of drug-likeness (QED) is 0.781. The highest BCUT2D eigenvalue weighted by Crippen LogP contribution is 2.29. The Morgan fingerprint density at radius 2 is 1.91 bits per heavy atom. The lowest BCUT2D eigenvalue weighted by Gasteiger charge is -2.03. The van der Waals surface area contributed by atoms with Crippen LogP contribution in [0.5, 0.6) is 0 Å². The molecule has 9 heteroatoms. The molecule has 1 aromatic carbocycles. The molecule has 0 saturated carbocycles. The molecule has 0 atom stereocenters. The minimum absolute atomic E-state index is 0.192. The Hall–Kier alpha value is -2.68. The van der Waals surface area contributed by atoms with E-state index in [1.165, 1.54) is 35.6 Å². The molecule has 3 rings (SSSR count). The van der Waals surface area contributed by atoms with E-state index in [9.17, 15) is 18.0 Å². The Balaban J connectivity index is 1.76. The van der Waals surface area contributed by atoms with Crippen LogP contribution in [0.4, 0.5) is 18.2 Å². The molecule has 0 bridgehead atoms. The van der Waals surface area contributed by atoms with Crippen molar-refractivity contribution >= 4 is 22.2 Å². The van der Waals surface area contributed by atoms with Crippen molar-refractivity contribution in [2.75, 3.05) is 5.32 Å². The van der Waals surface area contributed by atoms with Gasteiger partial charge >= 0.3 is 12.1 Å². The molecule has 0 radical (unpaired) electrons. The Kier molecular flexibility index (Phi) is 3.87. The van der Waals surface area contributed by atoms with Crippen LogP contribution in [0.2, 0.25) is 0 Å². The highest BCUT2D eigenvalue weighted by molar-refractivity contribution is 7.14. The first-order valence-corrected chi connectivity index (χ1v) is 7.17. The minimum Gasteiger partial charge on any atom is -0.329 e. The number of amides is 1. The second-order valence-corrected chi connectivity index (χ2v) is 5.38. The molecule has 0 spiro atoms. The second-order valence-electron chi connectivity index (χ2n) is 4.43. The number of carbonyl (C=O) groups excluding carboxylic acids is 1. The molecule has 1 N–H and O–H groups in total. The highest BCUT2D eigenvalue weighted by atomic mass is 32.1. The van der Waals surface area contributed by atoms with Gasteiger partial charge in [0.1, 0.15) is 0 Å². The van der Waals surface area contributed by atoms with E-state index in [2.05, 4.69) is 20.0 Å². The zero-order valence-corrected chi connectivity index (χ0v) is 12.1. The van der Waals surface area contributed by atoms with Crippen molar-refractivity contribution in [2.45, 2.75) is 6.18 Å². The van der Waals surface area contributed by atoms with Gasteiger partial charge in [0, 0.05) is 11.1 Å². The largest absolute Gasteiger partial charge is 0.471 e. The average molecular weight is 339 g/mol. The standard InChI is InChI=1S/C14H8F3N3O2S/c15-14(16,17)13-19-11(20-22-13)8-3-5-9(6-4-8)12(21)18-10-2-1-7-23-10/h1-7H,(H,18,21). The highest BCUT2D eigenvalue weighted by Gasteiger charge is 2.38. The second kappa shape index (κ2) is 5.84. The maximum Gasteiger partial charge on any atom is 0.471 e. The zero-order chi connectivity index (χ0) is 16.4. The number of aromatic nitrogens is 2. The number of carbonyl (C=O) groups is 1. The molecule has 0 saturated heterocycles. The van der Waals surface area contributed by atoms with Gasteiger partial charge in [-0.25, -0.2) is 0 Å². The maximum atomic E-state index is 12.4. The molecule has 0 aliphatic rings. The summed E-state index contributed by atoms with van der Waals surface area (Å²) in [5.74, 6) is -1.92. The zero-order valence-electron chi connectivity index (χ0n) is 11.3. The van der Waals surface area contributed by atoms with Crippen LogP contribution < -0.4 is 5.32 Å². The van der Waals surface area contributed by atoms with Gasteiger partial charge in [0.2, 0.25) is 5.82 Å². The molecule has 0 aliphatic heterocycles. The summed E-state index contributed by atoms with van der Waals surface area (Å²) in [6, 6.07) is 9.42. The number of nitrogens with one attached hydrogen (secondary N) is 1. The number of alkyl halides is 3. The van der Waals surface area contributed by atoms with Gasteiger partial charge in [0.15, 0.2) is 0 Å². The van der Waals surface area contributed by atoms with Crippen LogP contribution in [0, 0.1) is 0 Å². The summed E-state index contributed by atoms with van der Waals surface area (Å²) in [6.45, 7) is 0. The van der Waals surface area contributed by atoms with Gasteiger partial charge in [0.25, 0.3) is 5.91 Å². The van der Waals surface area contributed by atoms with Crippen molar-refractivity contribution in [3.05, 3.63) is 53.2 Å². The smallest absolute Gasteiger partial charge is 0.329 e. The van der Waals surface area contributed by atoms with Crippen LogP contribution in [0.3, 0.4) is 0 Å². The van der Waals surface area contributed by atoms with Crippen molar-refractivity contribution in [3.8, 4) is 11.4 Å². The van der Waals surface area contributed by atoms with Gasteiger partial charge in [-0.1, -0.05) is 17.3 Å². The predicted octanol–water partition coefficient (Wildman–Crippen LogP) is 4.07. The third kappa shape index (κ3) is 3.39. The lowest BCUT2D eigenvalue weighted by atomic mass is 10.1. The number of nitrogens with zero attached hydrogens (tertiary/aromatic N) is 2. The fourth-order valence-corrected chi connectivity index (χ4v) is 2.37. The molecule has 2 aromatic heterocycles. The maximum absolute atomic E-state index is 12.4. The first-order chi connectivity index (χ1) is 10.9. The third-order valence-corrected chi connectivity index (χ3v) is 3.62. The van der Waals surface area contributed by atoms with E-state index in [0.717, 1.165) is 0 Å². The van der Waals surface area contributed by atoms with E-state index in [-0.39, 0.29) is 11.7 Å². The van der Waals surface area contributed by atoms with Gasteiger partial charge in [0.05, 0.1) is 5.00 Å². The van der Waals surface area contributed by atoms with Crippen LogP contribution in [0.1, 0.15) is 16.2 Å². The number of benzene rings is 1. The normalized spacial score (nSPS) is 11.4. The number of halogens is 3. The number of thiophene rings is 1. The minimum atomic E-state index is -4.69. The molecule has 2 heterocycles. The van der Waals surface area contributed by atoms with Crippen LogP contribution in [-0.4, -0.2) is 16.0 Å². The van der Waals surface area contributed by atoms with Crippen LogP contribution in [0.25, 0.3) is 11.4 Å². The molecular weight excluding hydrogens is 331 g/mol. The summed E-state index contributed by atoms with van der Waals surface area (Å²) in [4.78, 5) is 15.3. The summed E-state index contributed by atoms with van der Waals surface area (Å²) in [7, 11) is 0. The Bertz CT molecular complexity index is 811. The lowest BCUT2D eigenvalue weighted by molar-refractivity contribution is -0.159. The molecule has 118 valence electrons. The van der Waals surface area contributed by atoms with Crippen molar-refractivity contribution in [2.24, 2.45) is 0 Å². The lowest BCUT2D eigenvalue weighted by Crippen LogP contribution is -2.10. The Morgan fingerprint density at radius 1 is 1.17 bits per heavy atom. The summed E-state index contributed by atoms with van der Waals surface area (Å²) in [5, 5.41) is 8.51. The van der Waals surface area contributed by atoms with E-state index in [4.69, 9.17) is 0 Å². The summed E-state index contributed by atoms with van der Waals surface area (Å²) in [6.07, 6.45) is -4.69. The summed E-state index contributed by atoms with van der Waals surface area (Å²) < 4.78 is 41.4. The number of hydrogen-bond acceptors (Lipinski definition) is 5. The first kappa shape index (κ1) is 15.2. The molecule has 3 aromatic rings. The van der Waals surface area contributed by atoms with E-state index in [0.29, 0.717) is 16.1 Å². The predicted molar refractivity (Wildman–Crippen MR) is 77.0 cm³/mol. The molecule has 23 heavy (non-hydrogen) atoms. The van der Waals surface area contributed by atoms with Crippen LogP contribution in [-0.2, 0) is 6.18 Å². The molecule has 5 nitrogen and oxygen atoms in total. The van der Waals surface area contributed by atoms with Crippen molar-refractivity contribution in [1.82, 2.24) is 10.1 Å². The molecular formula is C14H8F3N3O2S. The van der Waals surface area contributed by atoms with Gasteiger partial charge in [-0.2, -0.15) is 18.2 Å². The summed E-state index contributed by atoms with van der Waals surface area (Å²) in [5.41, 5.74) is 0.679. The van der Waals surface area contributed by atoms with Gasteiger partial charge < -0.3 is 9.84 Å². The van der Waals surface area contributed by atoms with E-state index in [1.807, 2.05) is 5.38 Å². The number of rotatable bonds is 3. The first-order valence-electron chi connectivity index (χ1n) is 6.30. The van der Waals surface area contributed by atoms with E-state index >= 15 is 0 Å². The molecule has 0 unspecified atom stereocenters. The third-order valence-electron chi connectivity index (χ3n) is 2.83. The monoisotopic (exact) mass is 339 g/mol. The fourth-order valence-electron chi connectivity index (χ4n) is 1.76. The SMILES string of the molecule is O=C(Nc1cccs1)c1ccc(-c2noc(C(F)(F)F)n2)cc1. The average Bonchev–Trinajstić information content (AvgIpc) is 3.18. The fraction of sp³-hybridized carbons (Fsp3) is 0.0714. The Labute approximate surface area is 131 Å². The van der Waals surface area contributed by atoms with Crippen molar-refractivity contribution < 1.29 is 22.5 Å². The van der Waals surface area contributed by atoms with Crippen LogP contribution >= 0.6 is 11.3 Å². The van der Waals surface area contributed by atoms with Crippen molar-refractivity contribution in [3.63, 3.8) is 0 Å². The van der Waals surface area contributed by atoms with E-state index in [1.54, 1.807) is 12.1 Å². The number of anilines is 1. The van der Waals surface area contributed by atoms with E-state index < -0.39 is 12.1 Å². The van der Waals surface area contributed by atoms with Crippen LogP contribution in [0.15, 0.2) is 46.3 Å². The summed E-state index contributed by atoms with van der Waals surface area (Å²) >= 11 is 1.38. The number of hydrogen-bond donors (Lipinski definition) is 1. The van der Waals surface area contributed by atoms with Gasteiger partial charge in [-0.05, 0) is 29.6 Å². The van der Waals surface area contributed by atoms with Gasteiger partial charge in [-0.3, -0.25) is 4.79 Å². The molecule has 0 fully saturated rings. The van der Waals surface area contributed by atoms with Gasteiger partial charge in [-0.15, -0.1) is 11.3 Å². The molecule has 1 amide bonds. The van der Waals surface area contributed by atoms with Crippen molar-refractivity contribution in [1.29, 1.82) is 0 Å².